The average molecular weight is 228 g/mol. The van der Waals surface area contributed by atoms with E-state index in [0.29, 0.717) is 6.42 Å². The maximum absolute atomic E-state index is 11.8. The number of hydrogen-bond donors (Lipinski definition) is 1. The molecule has 0 bridgehead atoms. The van der Waals surface area contributed by atoms with Crippen LogP contribution in [0.5, 0.6) is 0 Å². The third kappa shape index (κ3) is 4.05. The molecule has 0 heterocycles. The molecule has 94 valence electrons. The quantitative estimate of drug-likeness (QED) is 0.487. The fourth-order valence-corrected chi connectivity index (χ4v) is 1.76. The largest absolute Gasteiger partial charge is 0.375 e. The van der Waals surface area contributed by atoms with Gasteiger partial charge in [0.2, 0.25) is 0 Å². The molecule has 16 heavy (non-hydrogen) atoms. The van der Waals surface area contributed by atoms with Gasteiger partial charge in [-0.25, -0.2) is 0 Å². The number of unbranched alkanes of at least 4 members (excludes halogenated alkanes) is 3. The van der Waals surface area contributed by atoms with Gasteiger partial charge in [0, 0.05) is 12.8 Å². The zero-order valence-corrected chi connectivity index (χ0v) is 10.7. The molecule has 0 amide bonds. The molecule has 0 rings (SSSR count). The Bertz CT molecular complexity index is 235. The maximum atomic E-state index is 11.8. The lowest BCUT2D eigenvalue weighted by Crippen LogP contribution is -2.45. The summed E-state index contributed by atoms with van der Waals surface area (Å²) >= 11 is 0. The van der Waals surface area contributed by atoms with Gasteiger partial charge < -0.3 is 5.11 Å². The highest BCUT2D eigenvalue weighted by atomic mass is 16.3. The lowest BCUT2D eigenvalue weighted by molar-refractivity contribution is -0.151. The Labute approximate surface area is 98.2 Å². The highest BCUT2D eigenvalue weighted by Gasteiger charge is 2.39. The van der Waals surface area contributed by atoms with Crippen molar-refractivity contribution in [2.75, 3.05) is 0 Å². The number of ketones is 2. The molecule has 0 aromatic carbocycles. The van der Waals surface area contributed by atoms with Crippen LogP contribution in [-0.4, -0.2) is 22.3 Å². The first kappa shape index (κ1) is 15.3. The van der Waals surface area contributed by atoms with Gasteiger partial charge in [-0.2, -0.15) is 0 Å². The average Bonchev–Trinajstić information content (AvgIpc) is 2.32. The molecule has 0 radical (unpaired) electrons. The molecular weight excluding hydrogens is 204 g/mol. The van der Waals surface area contributed by atoms with E-state index in [9.17, 15) is 14.7 Å². The van der Waals surface area contributed by atoms with Crippen molar-refractivity contribution in [3.05, 3.63) is 0 Å². The Hall–Kier alpha value is -0.700. The molecule has 1 N–H and O–H groups in total. The van der Waals surface area contributed by atoms with Gasteiger partial charge in [-0.15, -0.1) is 0 Å². The van der Waals surface area contributed by atoms with Crippen LogP contribution in [0.15, 0.2) is 0 Å². The van der Waals surface area contributed by atoms with Crippen molar-refractivity contribution in [2.45, 2.75) is 71.3 Å². The van der Waals surface area contributed by atoms with Crippen molar-refractivity contribution in [1.82, 2.24) is 0 Å². The van der Waals surface area contributed by atoms with Gasteiger partial charge in [0.05, 0.1) is 0 Å². The van der Waals surface area contributed by atoms with Crippen molar-refractivity contribution in [3.8, 4) is 0 Å². The van der Waals surface area contributed by atoms with E-state index in [1.165, 1.54) is 0 Å². The van der Waals surface area contributed by atoms with Crippen LogP contribution in [0.2, 0.25) is 0 Å². The second-order valence-electron chi connectivity index (χ2n) is 4.22. The van der Waals surface area contributed by atoms with E-state index in [-0.39, 0.29) is 24.4 Å². The SMILES string of the molecule is CCCCCCC(=O)[C@](O)(CC)C(=O)CC. The fraction of sp³-hybridized carbons (Fsp3) is 0.846. The summed E-state index contributed by atoms with van der Waals surface area (Å²) in [6.07, 6.45) is 4.68. The summed E-state index contributed by atoms with van der Waals surface area (Å²) in [6, 6.07) is 0. The van der Waals surface area contributed by atoms with Crippen molar-refractivity contribution in [3.63, 3.8) is 0 Å². The summed E-state index contributed by atoms with van der Waals surface area (Å²) in [5, 5.41) is 10.0. The number of carbonyl (C=O) groups is 2. The standard InChI is InChI=1S/C13H24O3/c1-4-7-8-9-10-12(15)13(16,6-3)11(14)5-2/h16H,4-10H2,1-3H3/t13-/m0/s1. The van der Waals surface area contributed by atoms with E-state index in [0.717, 1.165) is 25.7 Å². The van der Waals surface area contributed by atoms with Crippen molar-refractivity contribution >= 4 is 11.6 Å². The first-order chi connectivity index (χ1) is 7.52. The van der Waals surface area contributed by atoms with Crippen LogP contribution in [-0.2, 0) is 9.59 Å². The summed E-state index contributed by atoms with van der Waals surface area (Å²) in [5.74, 6) is -0.659. The number of hydrogen-bond acceptors (Lipinski definition) is 3. The molecule has 1 atom stereocenters. The van der Waals surface area contributed by atoms with Crippen molar-refractivity contribution in [1.29, 1.82) is 0 Å². The molecule has 0 aliphatic rings. The fourth-order valence-electron chi connectivity index (χ4n) is 1.76. The van der Waals surface area contributed by atoms with Crippen LogP contribution in [0.25, 0.3) is 0 Å². The smallest absolute Gasteiger partial charge is 0.180 e. The van der Waals surface area contributed by atoms with Crippen molar-refractivity contribution in [2.24, 2.45) is 0 Å². The van der Waals surface area contributed by atoms with E-state index in [4.69, 9.17) is 0 Å². The van der Waals surface area contributed by atoms with Crippen LogP contribution in [0.3, 0.4) is 0 Å². The molecule has 0 aromatic rings. The van der Waals surface area contributed by atoms with Crippen LogP contribution >= 0.6 is 0 Å². The van der Waals surface area contributed by atoms with Crippen LogP contribution in [0.4, 0.5) is 0 Å². The molecule has 0 aromatic heterocycles. The van der Waals surface area contributed by atoms with E-state index in [1.807, 2.05) is 0 Å². The number of aliphatic hydroxyl groups is 1. The third-order valence-corrected chi connectivity index (χ3v) is 3.01. The number of carbonyl (C=O) groups excluding carboxylic acids is 2. The van der Waals surface area contributed by atoms with E-state index in [1.54, 1.807) is 13.8 Å². The summed E-state index contributed by atoms with van der Waals surface area (Å²) in [6.45, 7) is 5.45. The number of Topliss-reactive ketones (excluding diaryl/α,β-unsaturated/α-hetero) is 2. The van der Waals surface area contributed by atoms with Gasteiger partial charge in [-0.1, -0.05) is 40.0 Å². The summed E-state index contributed by atoms with van der Waals surface area (Å²) in [7, 11) is 0. The zero-order valence-electron chi connectivity index (χ0n) is 10.7. The second kappa shape index (κ2) is 7.55. The molecule has 3 heteroatoms. The molecule has 3 nitrogen and oxygen atoms in total. The highest BCUT2D eigenvalue weighted by Crippen LogP contribution is 2.18. The first-order valence-corrected chi connectivity index (χ1v) is 6.31. The van der Waals surface area contributed by atoms with Gasteiger partial charge in [0.25, 0.3) is 0 Å². The summed E-state index contributed by atoms with van der Waals surface area (Å²) < 4.78 is 0. The lowest BCUT2D eigenvalue weighted by atomic mass is 9.86. The lowest BCUT2D eigenvalue weighted by Gasteiger charge is -2.23. The highest BCUT2D eigenvalue weighted by molar-refractivity contribution is 6.09. The summed E-state index contributed by atoms with van der Waals surface area (Å²) in [5.41, 5.74) is -1.72. The monoisotopic (exact) mass is 228 g/mol. The minimum absolute atomic E-state index is 0.187. The molecule has 0 spiro atoms. The molecule has 0 aliphatic heterocycles. The van der Waals surface area contributed by atoms with Crippen LogP contribution < -0.4 is 0 Å². The van der Waals surface area contributed by atoms with Gasteiger partial charge in [0.1, 0.15) is 0 Å². The Balaban J connectivity index is 4.25. The Morgan fingerprint density at radius 3 is 2.06 bits per heavy atom. The van der Waals surface area contributed by atoms with E-state index in [2.05, 4.69) is 6.92 Å². The minimum atomic E-state index is -1.72. The summed E-state index contributed by atoms with van der Waals surface area (Å²) in [4.78, 5) is 23.3. The topological polar surface area (TPSA) is 54.4 Å². The molecule has 0 saturated heterocycles. The molecule has 0 aliphatic carbocycles. The molecule has 0 fully saturated rings. The zero-order chi connectivity index (χ0) is 12.6. The predicted molar refractivity (Wildman–Crippen MR) is 64.3 cm³/mol. The third-order valence-electron chi connectivity index (χ3n) is 3.01. The Kier molecular flexibility index (Phi) is 7.22. The Morgan fingerprint density at radius 1 is 1.00 bits per heavy atom. The molecule has 0 saturated carbocycles. The maximum Gasteiger partial charge on any atom is 0.180 e. The van der Waals surface area contributed by atoms with Gasteiger partial charge in [0.15, 0.2) is 17.2 Å². The first-order valence-electron chi connectivity index (χ1n) is 6.31. The van der Waals surface area contributed by atoms with Crippen LogP contribution in [0, 0.1) is 0 Å². The van der Waals surface area contributed by atoms with Gasteiger partial charge in [-0.3, -0.25) is 9.59 Å². The van der Waals surface area contributed by atoms with Crippen molar-refractivity contribution < 1.29 is 14.7 Å². The second-order valence-corrected chi connectivity index (χ2v) is 4.22. The van der Waals surface area contributed by atoms with E-state index < -0.39 is 5.60 Å². The molecular formula is C13H24O3. The predicted octanol–water partition coefficient (Wildman–Crippen LogP) is 2.65. The molecule has 0 unspecified atom stereocenters. The van der Waals surface area contributed by atoms with Crippen LogP contribution in [0.1, 0.15) is 65.7 Å². The van der Waals surface area contributed by atoms with E-state index >= 15 is 0 Å². The van der Waals surface area contributed by atoms with Gasteiger partial charge in [-0.05, 0) is 12.8 Å². The Morgan fingerprint density at radius 2 is 1.62 bits per heavy atom. The number of rotatable bonds is 9. The normalized spacial score (nSPS) is 14.5. The minimum Gasteiger partial charge on any atom is -0.375 e. The van der Waals surface area contributed by atoms with Gasteiger partial charge >= 0.3 is 0 Å².